The van der Waals surface area contributed by atoms with Crippen LogP contribution in [-0.2, 0) is 4.74 Å². The molecule has 2 atom stereocenters. The molecule has 2 nitrogen and oxygen atoms in total. The Kier molecular flexibility index (Phi) is 3.87. The fourth-order valence-electron chi connectivity index (χ4n) is 1.84. The Morgan fingerprint density at radius 1 is 1.36 bits per heavy atom. The first kappa shape index (κ1) is 9.01. The van der Waals surface area contributed by atoms with Gasteiger partial charge in [-0.3, -0.25) is 0 Å². The Labute approximate surface area is 69.3 Å². The molecule has 1 N–H and O–H groups in total. The number of hydrogen-bond acceptors (Lipinski definition) is 2. The Hall–Kier alpha value is -0.0800. The van der Waals surface area contributed by atoms with E-state index in [1.165, 1.54) is 19.3 Å². The Bertz CT molecular complexity index is 93.7. The van der Waals surface area contributed by atoms with Crippen LogP contribution in [0, 0.1) is 0 Å². The van der Waals surface area contributed by atoms with E-state index in [4.69, 9.17) is 4.74 Å². The van der Waals surface area contributed by atoms with E-state index < -0.39 is 0 Å². The van der Waals surface area contributed by atoms with Crippen molar-refractivity contribution >= 4 is 0 Å². The first-order valence-corrected chi connectivity index (χ1v) is 4.73. The van der Waals surface area contributed by atoms with Crippen molar-refractivity contribution in [3.05, 3.63) is 0 Å². The summed E-state index contributed by atoms with van der Waals surface area (Å²) in [5, 5.41) is 3.45. The molecule has 0 bridgehead atoms. The largest absolute Gasteiger partial charge is 0.377 e. The molecule has 1 rings (SSSR count). The average Bonchev–Trinajstić information content (AvgIpc) is 2.39. The summed E-state index contributed by atoms with van der Waals surface area (Å²) in [5.74, 6) is 0. The van der Waals surface area contributed by atoms with E-state index in [1.807, 2.05) is 0 Å². The normalized spacial score (nSPS) is 31.1. The summed E-state index contributed by atoms with van der Waals surface area (Å²) in [7, 11) is 0. The Morgan fingerprint density at radius 2 is 2.18 bits per heavy atom. The quantitative estimate of drug-likeness (QED) is 0.668. The maximum absolute atomic E-state index is 5.61. The highest BCUT2D eigenvalue weighted by Gasteiger charge is 2.26. The molecule has 0 amide bonds. The van der Waals surface area contributed by atoms with E-state index in [-0.39, 0.29) is 0 Å². The lowest BCUT2D eigenvalue weighted by molar-refractivity contribution is 0.0493. The van der Waals surface area contributed by atoms with Gasteiger partial charge in [0.25, 0.3) is 0 Å². The van der Waals surface area contributed by atoms with Crippen LogP contribution >= 0.6 is 0 Å². The predicted octanol–water partition coefficient (Wildman–Crippen LogP) is 1.55. The van der Waals surface area contributed by atoms with Crippen LogP contribution in [0.5, 0.6) is 0 Å². The molecule has 0 heterocycles. The van der Waals surface area contributed by atoms with E-state index in [9.17, 15) is 0 Å². The van der Waals surface area contributed by atoms with Crippen LogP contribution in [0.25, 0.3) is 0 Å². The van der Waals surface area contributed by atoms with E-state index in [0.717, 1.165) is 13.2 Å². The Morgan fingerprint density at radius 3 is 2.82 bits per heavy atom. The average molecular weight is 157 g/mol. The van der Waals surface area contributed by atoms with Gasteiger partial charge >= 0.3 is 0 Å². The van der Waals surface area contributed by atoms with Gasteiger partial charge in [0.2, 0.25) is 0 Å². The van der Waals surface area contributed by atoms with E-state index in [0.29, 0.717) is 12.1 Å². The first-order chi connectivity index (χ1) is 5.38. The van der Waals surface area contributed by atoms with E-state index in [2.05, 4.69) is 19.2 Å². The van der Waals surface area contributed by atoms with E-state index in [1.54, 1.807) is 0 Å². The molecule has 0 unspecified atom stereocenters. The summed E-state index contributed by atoms with van der Waals surface area (Å²) in [6.07, 6.45) is 4.34. The van der Waals surface area contributed by atoms with Gasteiger partial charge in [0.15, 0.2) is 0 Å². The second-order valence-corrected chi connectivity index (χ2v) is 3.09. The van der Waals surface area contributed by atoms with Crippen molar-refractivity contribution in [2.24, 2.45) is 0 Å². The molecule has 0 radical (unpaired) electrons. The molecule has 0 saturated heterocycles. The zero-order valence-corrected chi connectivity index (χ0v) is 7.60. The van der Waals surface area contributed by atoms with Gasteiger partial charge in [0.1, 0.15) is 0 Å². The van der Waals surface area contributed by atoms with Crippen LogP contribution in [0.2, 0.25) is 0 Å². The number of hydrogen-bond donors (Lipinski definition) is 1. The van der Waals surface area contributed by atoms with Crippen LogP contribution in [0.3, 0.4) is 0 Å². The van der Waals surface area contributed by atoms with Crippen LogP contribution in [-0.4, -0.2) is 25.3 Å². The third-order valence-electron chi connectivity index (χ3n) is 2.30. The van der Waals surface area contributed by atoms with Gasteiger partial charge in [-0.15, -0.1) is 0 Å². The molecule has 66 valence electrons. The minimum atomic E-state index is 0.486. The molecule has 1 aliphatic carbocycles. The van der Waals surface area contributed by atoms with Gasteiger partial charge in [-0.25, -0.2) is 0 Å². The van der Waals surface area contributed by atoms with Gasteiger partial charge in [0.05, 0.1) is 6.10 Å². The van der Waals surface area contributed by atoms with Crippen LogP contribution in [0.4, 0.5) is 0 Å². The summed E-state index contributed by atoms with van der Waals surface area (Å²) >= 11 is 0. The van der Waals surface area contributed by atoms with Crippen molar-refractivity contribution < 1.29 is 4.74 Å². The molecule has 0 spiro atoms. The molecule has 0 aliphatic heterocycles. The third-order valence-corrected chi connectivity index (χ3v) is 2.30. The van der Waals surface area contributed by atoms with Crippen LogP contribution in [0.1, 0.15) is 33.1 Å². The lowest BCUT2D eigenvalue weighted by atomic mass is 10.2. The number of likely N-dealkylation sites (N-methyl/N-ethyl adjacent to an activating group) is 1. The van der Waals surface area contributed by atoms with E-state index >= 15 is 0 Å². The van der Waals surface area contributed by atoms with Crippen molar-refractivity contribution in [1.29, 1.82) is 0 Å². The second-order valence-electron chi connectivity index (χ2n) is 3.09. The highest BCUT2D eigenvalue weighted by Crippen LogP contribution is 2.21. The summed E-state index contributed by atoms with van der Waals surface area (Å²) in [5.41, 5.74) is 0. The molecule has 1 fully saturated rings. The molecule has 0 aromatic rings. The lowest BCUT2D eigenvalue weighted by Crippen LogP contribution is -2.37. The Balaban J connectivity index is 2.25. The topological polar surface area (TPSA) is 21.3 Å². The second kappa shape index (κ2) is 4.73. The summed E-state index contributed by atoms with van der Waals surface area (Å²) in [4.78, 5) is 0. The fraction of sp³-hybridized carbons (Fsp3) is 1.00. The third kappa shape index (κ3) is 2.46. The zero-order valence-electron chi connectivity index (χ0n) is 7.60. The van der Waals surface area contributed by atoms with Gasteiger partial charge in [-0.2, -0.15) is 0 Å². The summed E-state index contributed by atoms with van der Waals surface area (Å²) in [6.45, 7) is 6.14. The number of ether oxygens (including phenoxy) is 1. The molecule has 11 heavy (non-hydrogen) atoms. The van der Waals surface area contributed by atoms with Crippen molar-refractivity contribution in [2.45, 2.75) is 45.3 Å². The molecule has 0 aromatic heterocycles. The summed E-state index contributed by atoms with van der Waals surface area (Å²) in [6, 6.07) is 0.625. The predicted molar refractivity (Wildman–Crippen MR) is 46.7 cm³/mol. The molecular weight excluding hydrogens is 138 g/mol. The van der Waals surface area contributed by atoms with Gasteiger partial charge in [-0.1, -0.05) is 6.92 Å². The molecule has 2 heteroatoms. The highest BCUT2D eigenvalue weighted by atomic mass is 16.5. The zero-order chi connectivity index (χ0) is 8.10. The lowest BCUT2D eigenvalue weighted by Gasteiger charge is -2.19. The highest BCUT2D eigenvalue weighted by molar-refractivity contribution is 4.83. The maximum Gasteiger partial charge on any atom is 0.0727 e. The van der Waals surface area contributed by atoms with Crippen molar-refractivity contribution in [2.75, 3.05) is 13.2 Å². The van der Waals surface area contributed by atoms with Gasteiger partial charge in [0, 0.05) is 12.6 Å². The van der Waals surface area contributed by atoms with Crippen molar-refractivity contribution in [1.82, 2.24) is 5.32 Å². The maximum atomic E-state index is 5.61. The molecule has 1 saturated carbocycles. The monoisotopic (exact) mass is 157 g/mol. The van der Waals surface area contributed by atoms with Crippen LogP contribution in [0.15, 0.2) is 0 Å². The number of rotatable bonds is 4. The van der Waals surface area contributed by atoms with Gasteiger partial charge < -0.3 is 10.1 Å². The van der Waals surface area contributed by atoms with Gasteiger partial charge in [-0.05, 0) is 32.7 Å². The van der Waals surface area contributed by atoms with Crippen molar-refractivity contribution in [3.8, 4) is 0 Å². The summed E-state index contributed by atoms with van der Waals surface area (Å²) < 4.78 is 5.61. The minimum absolute atomic E-state index is 0.486. The molecule has 1 aliphatic rings. The standard InChI is InChI=1S/C9H19NO/c1-3-10-8-6-5-7-9(8)11-4-2/h8-10H,3-7H2,1-2H3/t8-,9-/m0/s1. The molecular formula is C9H19NO. The molecule has 0 aromatic carbocycles. The first-order valence-electron chi connectivity index (χ1n) is 4.73. The fourth-order valence-corrected chi connectivity index (χ4v) is 1.84. The van der Waals surface area contributed by atoms with Crippen LogP contribution < -0.4 is 5.32 Å². The number of nitrogens with one attached hydrogen (secondary N) is 1. The smallest absolute Gasteiger partial charge is 0.0727 e. The van der Waals surface area contributed by atoms with Crippen molar-refractivity contribution in [3.63, 3.8) is 0 Å². The minimum Gasteiger partial charge on any atom is -0.377 e. The SMILES string of the molecule is CCN[C@H]1CCC[C@@H]1OCC.